The lowest BCUT2D eigenvalue weighted by Crippen LogP contribution is -2.43. The van der Waals surface area contributed by atoms with Gasteiger partial charge >= 0.3 is 0 Å². The fourth-order valence-corrected chi connectivity index (χ4v) is 1.000. The zero-order chi connectivity index (χ0) is 12.2. The molecule has 1 aromatic heterocycles. The molecule has 6 nitrogen and oxygen atoms in total. The molecule has 1 heterocycles. The molecule has 0 spiro atoms. The van der Waals surface area contributed by atoms with Gasteiger partial charge in [-0.25, -0.2) is 0 Å². The van der Waals surface area contributed by atoms with E-state index in [0.717, 1.165) is 6.20 Å². The van der Waals surface area contributed by atoms with E-state index < -0.39 is 18.1 Å². The molecule has 88 valence electrons. The van der Waals surface area contributed by atoms with Crippen LogP contribution in [0.15, 0.2) is 18.5 Å². The van der Waals surface area contributed by atoms with Crippen molar-refractivity contribution in [1.29, 1.82) is 0 Å². The van der Waals surface area contributed by atoms with Gasteiger partial charge in [0, 0.05) is 12.7 Å². The normalized spacial score (nSPS) is 14.2. The van der Waals surface area contributed by atoms with Crippen LogP contribution >= 0.6 is 0 Å². The van der Waals surface area contributed by atoms with E-state index in [4.69, 9.17) is 5.11 Å². The first-order valence-electron chi connectivity index (χ1n) is 4.71. The lowest BCUT2D eigenvalue weighted by molar-refractivity contribution is 0.00318. The second kappa shape index (κ2) is 4.91. The van der Waals surface area contributed by atoms with Gasteiger partial charge in [-0.2, -0.15) is 0 Å². The maximum atomic E-state index is 11.5. The van der Waals surface area contributed by atoms with Crippen LogP contribution in [0, 0.1) is 0 Å². The number of carbonyl (C=O) groups excluding carboxylic acids is 1. The standard InChI is InChI=1S/C10H14N2O4/c1-10(16,6-13)5-12-9(15)7-2-3-11-4-8(7)14/h2-4,13-14,16H,5-6H2,1H3,(H,12,15). The quantitative estimate of drug-likeness (QED) is 0.541. The molecular formula is C10H14N2O4. The van der Waals surface area contributed by atoms with Crippen molar-refractivity contribution < 1.29 is 20.1 Å². The van der Waals surface area contributed by atoms with Crippen LogP contribution in [0.5, 0.6) is 5.75 Å². The lowest BCUT2D eigenvalue weighted by atomic mass is 10.1. The van der Waals surface area contributed by atoms with E-state index >= 15 is 0 Å². The van der Waals surface area contributed by atoms with Gasteiger partial charge in [0.2, 0.25) is 0 Å². The van der Waals surface area contributed by atoms with Gasteiger partial charge in [0.1, 0.15) is 11.4 Å². The van der Waals surface area contributed by atoms with Gasteiger partial charge in [-0.1, -0.05) is 0 Å². The monoisotopic (exact) mass is 226 g/mol. The first-order valence-corrected chi connectivity index (χ1v) is 4.71. The highest BCUT2D eigenvalue weighted by atomic mass is 16.3. The smallest absolute Gasteiger partial charge is 0.255 e. The van der Waals surface area contributed by atoms with Crippen LogP contribution in [-0.4, -0.2) is 45.0 Å². The van der Waals surface area contributed by atoms with Crippen molar-refractivity contribution in [2.75, 3.05) is 13.2 Å². The Morgan fingerprint density at radius 1 is 1.62 bits per heavy atom. The van der Waals surface area contributed by atoms with Gasteiger partial charge < -0.3 is 20.6 Å². The van der Waals surface area contributed by atoms with Gasteiger partial charge in [0.15, 0.2) is 0 Å². The Hall–Kier alpha value is -1.66. The third-order valence-electron chi connectivity index (χ3n) is 2.02. The number of nitrogens with zero attached hydrogens (tertiary/aromatic N) is 1. The van der Waals surface area contributed by atoms with Gasteiger partial charge in [-0.05, 0) is 13.0 Å². The fourth-order valence-electron chi connectivity index (χ4n) is 1.000. The summed E-state index contributed by atoms with van der Waals surface area (Å²) in [6.45, 7) is 0.819. The molecule has 0 aliphatic carbocycles. The molecule has 0 aromatic carbocycles. The van der Waals surface area contributed by atoms with Crippen molar-refractivity contribution in [1.82, 2.24) is 10.3 Å². The number of aliphatic hydroxyl groups excluding tert-OH is 1. The average Bonchev–Trinajstić information content (AvgIpc) is 2.27. The highest BCUT2D eigenvalue weighted by Gasteiger charge is 2.20. The Morgan fingerprint density at radius 3 is 2.88 bits per heavy atom. The number of hydrogen-bond acceptors (Lipinski definition) is 5. The summed E-state index contributed by atoms with van der Waals surface area (Å²) >= 11 is 0. The van der Waals surface area contributed by atoms with Crippen molar-refractivity contribution >= 4 is 5.91 Å². The Morgan fingerprint density at radius 2 is 2.31 bits per heavy atom. The predicted octanol–water partition coefficient (Wildman–Crippen LogP) is -0.740. The zero-order valence-electron chi connectivity index (χ0n) is 8.84. The Bertz CT molecular complexity index is 379. The number of carbonyl (C=O) groups is 1. The summed E-state index contributed by atoms with van der Waals surface area (Å²) in [4.78, 5) is 15.2. The molecule has 0 fully saturated rings. The van der Waals surface area contributed by atoms with E-state index in [1.165, 1.54) is 19.2 Å². The van der Waals surface area contributed by atoms with E-state index in [2.05, 4.69) is 10.3 Å². The molecule has 1 amide bonds. The van der Waals surface area contributed by atoms with Crippen molar-refractivity contribution in [2.24, 2.45) is 0 Å². The molecule has 1 rings (SSSR count). The van der Waals surface area contributed by atoms with E-state index in [1.807, 2.05) is 0 Å². The molecule has 0 bridgehead atoms. The van der Waals surface area contributed by atoms with E-state index in [0.29, 0.717) is 0 Å². The van der Waals surface area contributed by atoms with Gasteiger partial charge in [0.05, 0.1) is 18.4 Å². The average molecular weight is 226 g/mol. The molecular weight excluding hydrogens is 212 g/mol. The van der Waals surface area contributed by atoms with Crippen molar-refractivity contribution in [2.45, 2.75) is 12.5 Å². The van der Waals surface area contributed by atoms with Crippen molar-refractivity contribution in [3.8, 4) is 5.75 Å². The summed E-state index contributed by atoms with van der Waals surface area (Å²) < 4.78 is 0. The minimum absolute atomic E-state index is 0.0729. The summed E-state index contributed by atoms with van der Waals surface area (Å²) in [5.41, 5.74) is -1.30. The maximum Gasteiger partial charge on any atom is 0.255 e. The van der Waals surface area contributed by atoms with Gasteiger partial charge in [-0.15, -0.1) is 0 Å². The van der Waals surface area contributed by atoms with E-state index in [-0.39, 0.29) is 17.9 Å². The zero-order valence-corrected chi connectivity index (χ0v) is 8.84. The number of rotatable bonds is 4. The Kier molecular flexibility index (Phi) is 3.81. The van der Waals surface area contributed by atoms with Crippen LogP contribution in [0.1, 0.15) is 17.3 Å². The third-order valence-corrected chi connectivity index (χ3v) is 2.02. The molecule has 0 saturated heterocycles. The predicted molar refractivity (Wildman–Crippen MR) is 55.9 cm³/mol. The van der Waals surface area contributed by atoms with E-state index in [9.17, 15) is 15.0 Å². The summed E-state index contributed by atoms with van der Waals surface area (Å²) in [6, 6.07) is 1.36. The minimum atomic E-state index is -1.38. The second-order valence-electron chi connectivity index (χ2n) is 3.73. The van der Waals surface area contributed by atoms with Gasteiger partial charge in [0.25, 0.3) is 5.91 Å². The maximum absolute atomic E-state index is 11.5. The minimum Gasteiger partial charge on any atom is -0.505 e. The Labute approximate surface area is 92.6 Å². The van der Waals surface area contributed by atoms with Crippen LogP contribution in [0.3, 0.4) is 0 Å². The SMILES string of the molecule is CC(O)(CO)CNC(=O)c1ccncc1O. The summed E-state index contributed by atoms with van der Waals surface area (Å²) in [6.07, 6.45) is 2.53. The van der Waals surface area contributed by atoms with E-state index in [1.54, 1.807) is 0 Å². The molecule has 0 aliphatic heterocycles. The lowest BCUT2D eigenvalue weighted by Gasteiger charge is -2.20. The van der Waals surface area contributed by atoms with Crippen molar-refractivity contribution in [3.63, 3.8) is 0 Å². The third kappa shape index (κ3) is 3.18. The molecule has 4 N–H and O–H groups in total. The first-order chi connectivity index (χ1) is 7.46. The number of nitrogens with one attached hydrogen (secondary N) is 1. The molecule has 0 radical (unpaired) electrons. The number of aromatic hydroxyl groups is 1. The molecule has 1 atom stereocenters. The molecule has 1 aromatic rings. The summed E-state index contributed by atoms with van der Waals surface area (Å²) in [7, 11) is 0. The highest BCUT2D eigenvalue weighted by molar-refractivity contribution is 5.96. The number of amides is 1. The Balaban J connectivity index is 2.64. The molecule has 6 heteroatoms. The largest absolute Gasteiger partial charge is 0.505 e. The molecule has 0 aliphatic rings. The molecule has 16 heavy (non-hydrogen) atoms. The number of hydrogen-bond donors (Lipinski definition) is 4. The topological polar surface area (TPSA) is 103 Å². The number of aromatic nitrogens is 1. The number of aliphatic hydroxyl groups is 2. The van der Waals surface area contributed by atoms with Gasteiger partial charge in [-0.3, -0.25) is 9.78 Å². The number of pyridine rings is 1. The van der Waals surface area contributed by atoms with Crippen LogP contribution < -0.4 is 5.32 Å². The highest BCUT2D eigenvalue weighted by Crippen LogP contribution is 2.13. The summed E-state index contributed by atoms with van der Waals surface area (Å²) in [5, 5.41) is 29.9. The van der Waals surface area contributed by atoms with Crippen LogP contribution in [0.2, 0.25) is 0 Å². The molecule has 1 unspecified atom stereocenters. The first kappa shape index (κ1) is 12.4. The van der Waals surface area contributed by atoms with Crippen LogP contribution in [0.4, 0.5) is 0 Å². The van der Waals surface area contributed by atoms with Crippen molar-refractivity contribution in [3.05, 3.63) is 24.0 Å². The second-order valence-corrected chi connectivity index (χ2v) is 3.73. The van der Waals surface area contributed by atoms with Crippen LogP contribution in [0.25, 0.3) is 0 Å². The molecule has 0 saturated carbocycles. The summed E-state index contributed by atoms with van der Waals surface area (Å²) in [5.74, 6) is -0.766. The van der Waals surface area contributed by atoms with Crippen LogP contribution in [-0.2, 0) is 0 Å². The fraction of sp³-hybridized carbons (Fsp3) is 0.400.